The summed E-state index contributed by atoms with van der Waals surface area (Å²) in [6.45, 7) is 5.49. The van der Waals surface area contributed by atoms with Gasteiger partial charge < -0.3 is 15.4 Å². The van der Waals surface area contributed by atoms with Crippen LogP contribution >= 0.6 is 24.0 Å². The van der Waals surface area contributed by atoms with E-state index in [0.29, 0.717) is 29.4 Å². The van der Waals surface area contributed by atoms with Crippen LogP contribution in [-0.4, -0.2) is 37.0 Å². The molecular weight excluding hydrogens is 311 g/mol. The highest BCUT2D eigenvalue weighted by atomic mass is 35.5. The molecule has 1 atom stereocenters. The van der Waals surface area contributed by atoms with Crippen LogP contribution in [0.5, 0.6) is 5.75 Å². The molecule has 0 aromatic heterocycles. The molecule has 118 valence electrons. The lowest BCUT2D eigenvalue weighted by Gasteiger charge is -2.42. The molecule has 0 aliphatic carbocycles. The summed E-state index contributed by atoms with van der Waals surface area (Å²) < 4.78 is 5.25. The number of piperidine rings is 1. The molecule has 1 amide bonds. The number of amides is 1. The van der Waals surface area contributed by atoms with Crippen LogP contribution in [0.4, 0.5) is 0 Å². The van der Waals surface area contributed by atoms with Gasteiger partial charge in [0, 0.05) is 24.2 Å². The third kappa shape index (κ3) is 3.82. The van der Waals surface area contributed by atoms with Crippen molar-refractivity contribution in [3.8, 4) is 5.75 Å². The maximum Gasteiger partial charge on any atom is 0.257 e. The van der Waals surface area contributed by atoms with Crippen molar-refractivity contribution in [2.24, 2.45) is 11.1 Å². The summed E-state index contributed by atoms with van der Waals surface area (Å²) >= 11 is 5.99. The van der Waals surface area contributed by atoms with Crippen molar-refractivity contribution in [1.82, 2.24) is 4.90 Å². The molecule has 4 nitrogen and oxygen atoms in total. The summed E-state index contributed by atoms with van der Waals surface area (Å²) in [5, 5.41) is 0.530. The van der Waals surface area contributed by atoms with Gasteiger partial charge in [-0.05, 0) is 30.0 Å². The van der Waals surface area contributed by atoms with Crippen LogP contribution in [0.25, 0.3) is 0 Å². The van der Waals surface area contributed by atoms with E-state index in [4.69, 9.17) is 22.1 Å². The molecule has 1 aliphatic heterocycles. The number of likely N-dealkylation sites (tertiary alicyclic amines) is 1. The van der Waals surface area contributed by atoms with Gasteiger partial charge in [-0.1, -0.05) is 25.4 Å². The van der Waals surface area contributed by atoms with E-state index in [2.05, 4.69) is 13.8 Å². The Morgan fingerprint density at radius 1 is 1.48 bits per heavy atom. The zero-order chi connectivity index (χ0) is 14.9. The highest BCUT2D eigenvalue weighted by Gasteiger charge is 2.36. The van der Waals surface area contributed by atoms with Gasteiger partial charge in [0.15, 0.2) is 0 Å². The second-order valence-corrected chi connectivity index (χ2v) is 6.39. The Labute approximate surface area is 137 Å². The van der Waals surface area contributed by atoms with Crippen LogP contribution in [-0.2, 0) is 0 Å². The summed E-state index contributed by atoms with van der Waals surface area (Å²) in [5.41, 5.74) is 6.53. The van der Waals surface area contributed by atoms with Gasteiger partial charge in [-0.3, -0.25) is 4.79 Å². The molecule has 0 bridgehead atoms. The summed E-state index contributed by atoms with van der Waals surface area (Å²) in [4.78, 5) is 14.5. The number of hydrogen-bond donors (Lipinski definition) is 1. The van der Waals surface area contributed by atoms with Crippen LogP contribution < -0.4 is 10.5 Å². The minimum atomic E-state index is -0.0836. The SMILES string of the molecule is COc1ccc(Cl)cc1C(=O)N1CCC(N)C(C)(C)C1.Cl. The first kappa shape index (κ1) is 18.1. The van der Waals surface area contributed by atoms with Crippen LogP contribution in [0.15, 0.2) is 18.2 Å². The molecule has 0 spiro atoms. The Bertz CT molecular complexity index is 520. The Kier molecular flexibility index (Phi) is 5.91. The number of rotatable bonds is 2. The van der Waals surface area contributed by atoms with E-state index < -0.39 is 0 Å². The average Bonchev–Trinajstić information content (AvgIpc) is 2.41. The standard InChI is InChI=1S/C15H21ClN2O2.ClH/c1-15(2)9-18(7-6-13(15)17)14(19)11-8-10(16)4-5-12(11)20-3;/h4-5,8,13H,6-7,9,17H2,1-3H3;1H. The number of benzene rings is 1. The summed E-state index contributed by atoms with van der Waals surface area (Å²) in [7, 11) is 1.55. The van der Waals surface area contributed by atoms with Crippen LogP contribution in [0.3, 0.4) is 0 Å². The molecule has 21 heavy (non-hydrogen) atoms. The van der Waals surface area contributed by atoms with E-state index in [0.717, 1.165) is 6.42 Å². The highest BCUT2D eigenvalue weighted by molar-refractivity contribution is 6.31. The predicted octanol–water partition coefficient (Wildman–Crippen LogP) is 2.97. The molecule has 1 fully saturated rings. The van der Waals surface area contributed by atoms with E-state index in [-0.39, 0.29) is 29.8 Å². The first-order chi connectivity index (χ1) is 9.35. The van der Waals surface area contributed by atoms with Gasteiger partial charge in [0.1, 0.15) is 5.75 Å². The van der Waals surface area contributed by atoms with Crippen molar-refractivity contribution >= 4 is 29.9 Å². The maximum absolute atomic E-state index is 12.7. The fourth-order valence-corrected chi connectivity index (χ4v) is 2.74. The normalized spacial score (nSPS) is 20.6. The third-order valence-corrected chi connectivity index (χ3v) is 4.23. The van der Waals surface area contributed by atoms with Crippen molar-refractivity contribution < 1.29 is 9.53 Å². The van der Waals surface area contributed by atoms with Crippen molar-refractivity contribution in [1.29, 1.82) is 0 Å². The van der Waals surface area contributed by atoms with E-state index in [1.165, 1.54) is 0 Å². The number of carbonyl (C=O) groups is 1. The number of ether oxygens (including phenoxy) is 1. The summed E-state index contributed by atoms with van der Waals surface area (Å²) in [6.07, 6.45) is 0.807. The van der Waals surface area contributed by atoms with E-state index >= 15 is 0 Å². The van der Waals surface area contributed by atoms with Gasteiger partial charge in [-0.2, -0.15) is 0 Å². The van der Waals surface area contributed by atoms with Crippen molar-refractivity contribution in [2.75, 3.05) is 20.2 Å². The summed E-state index contributed by atoms with van der Waals surface area (Å²) in [6, 6.07) is 5.21. The largest absolute Gasteiger partial charge is 0.496 e. The lowest BCUT2D eigenvalue weighted by atomic mass is 9.79. The minimum absolute atomic E-state index is 0. The monoisotopic (exact) mass is 332 g/mol. The van der Waals surface area contributed by atoms with Crippen LogP contribution in [0.2, 0.25) is 5.02 Å². The molecule has 2 N–H and O–H groups in total. The number of halogens is 2. The van der Waals surface area contributed by atoms with Gasteiger partial charge in [-0.15, -0.1) is 12.4 Å². The minimum Gasteiger partial charge on any atom is -0.496 e. The smallest absolute Gasteiger partial charge is 0.257 e. The van der Waals surface area contributed by atoms with Gasteiger partial charge in [0.05, 0.1) is 12.7 Å². The molecule has 6 heteroatoms. The van der Waals surface area contributed by atoms with E-state index in [1.807, 2.05) is 4.90 Å². The fourth-order valence-electron chi connectivity index (χ4n) is 2.56. The van der Waals surface area contributed by atoms with E-state index in [9.17, 15) is 4.79 Å². The second kappa shape index (κ2) is 6.86. The number of hydrogen-bond acceptors (Lipinski definition) is 3. The van der Waals surface area contributed by atoms with Crippen molar-refractivity contribution in [3.63, 3.8) is 0 Å². The topological polar surface area (TPSA) is 55.6 Å². The third-order valence-electron chi connectivity index (χ3n) is 3.99. The Morgan fingerprint density at radius 2 is 2.14 bits per heavy atom. The number of nitrogens with two attached hydrogens (primary N) is 1. The molecule has 1 saturated heterocycles. The molecule has 1 aromatic carbocycles. The van der Waals surface area contributed by atoms with Crippen LogP contribution in [0.1, 0.15) is 30.6 Å². The predicted molar refractivity (Wildman–Crippen MR) is 87.5 cm³/mol. The molecule has 1 unspecified atom stereocenters. The molecule has 2 rings (SSSR count). The van der Waals surface area contributed by atoms with Crippen LogP contribution in [0, 0.1) is 5.41 Å². The van der Waals surface area contributed by atoms with E-state index in [1.54, 1.807) is 25.3 Å². The zero-order valence-corrected chi connectivity index (χ0v) is 14.1. The molecular formula is C15H22Cl2N2O2. The van der Waals surface area contributed by atoms with Gasteiger partial charge >= 0.3 is 0 Å². The molecule has 1 heterocycles. The fraction of sp³-hybridized carbons (Fsp3) is 0.533. The summed E-state index contributed by atoms with van der Waals surface area (Å²) in [5.74, 6) is 0.497. The van der Waals surface area contributed by atoms with Gasteiger partial charge in [-0.25, -0.2) is 0 Å². The first-order valence-electron chi connectivity index (χ1n) is 6.73. The molecule has 1 aliphatic rings. The lowest BCUT2D eigenvalue weighted by Crippen LogP contribution is -2.54. The Balaban J connectivity index is 0.00000220. The average molecular weight is 333 g/mol. The van der Waals surface area contributed by atoms with Crippen molar-refractivity contribution in [3.05, 3.63) is 28.8 Å². The Hall–Kier alpha value is -0.970. The Morgan fingerprint density at radius 3 is 2.71 bits per heavy atom. The number of carbonyl (C=O) groups excluding carboxylic acids is 1. The maximum atomic E-state index is 12.7. The zero-order valence-electron chi connectivity index (χ0n) is 12.6. The molecule has 0 saturated carbocycles. The highest BCUT2D eigenvalue weighted by Crippen LogP contribution is 2.30. The second-order valence-electron chi connectivity index (χ2n) is 5.96. The van der Waals surface area contributed by atoms with Crippen molar-refractivity contribution in [2.45, 2.75) is 26.3 Å². The quantitative estimate of drug-likeness (QED) is 0.905. The van der Waals surface area contributed by atoms with Gasteiger partial charge in [0.25, 0.3) is 5.91 Å². The molecule has 1 aromatic rings. The lowest BCUT2D eigenvalue weighted by molar-refractivity contribution is 0.0530. The number of methoxy groups -OCH3 is 1. The first-order valence-corrected chi connectivity index (χ1v) is 7.11. The van der Waals surface area contributed by atoms with Gasteiger partial charge in [0.2, 0.25) is 0 Å². The number of nitrogens with zero attached hydrogens (tertiary/aromatic N) is 1. The molecule has 0 radical (unpaired) electrons.